The van der Waals surface area contributed by atoms with Crippen LogP contribution >= 0.6 is 0 Å². The molecule has 58 valence electrons. The first kappa shape index (κ1) is 9.01. The Morgan fingerprint density at radius 2 is 2.10 bits per heavy atom. The van der Waals surface area contributed by atoms with Crippen molar-refractivity contribution >= 4 is 5.97 Å². The van der Waals surface area contributed by atoms with Crippen molar-refractivity contribution in [3.8, 4) is 0 Å². The Morgan fingerprint density at radius 3 is 2.20 bits per heavy atom. The number of likely N-dealkylation sites (N-methyl/N-ethyl adjacent to an activating group) is 1. The molecule has 0 aromatic rings. The van der Waals surface area contributed by atoms with Crippen molar-refractivity contribution in [2.75, 3.05) is 14.1 Å². The standard InChI is InChI=1S/C7H13NO2/c1-4-5-6(7(9)10)8(2)3/h5H,4H2,1-3H3,(H,9,10)/b6-5-. The summed E-state index contributed by atoms with van der Waals surface area (Å²) in [7, 11) is 3.44. The average Bonchev–Trinajstić information content (AvgIpc) is 1.81. The zero-order valence-corrected chi connectivity index (χ0v) is 6.59. The Labute approximate surface area is 61.0 Å². The summed E-state index contributed by atoms with van der Waals surface area (Å²) >= 11 is 0. The quantitative estimate of drug-likeness (QED) is 0.597. The van der Waals surface area contributed by atoms with Crippen LogP contribution in [0, 0.1) is 0 Å². The molecule has 0 aliphatic rings. The van der Waals surface area contributed by atoms with Gasteiger partial charge in [-0.3, -0.25) is 0 Å². The number of carbonyl (C=O) groups is 1. The summed E-state index contributed by atoms with van der Waals surface area (Å²) in [6.45, 7) is 1.91. The van der Waals surface area contributed by atoms with Gasteiger partial charge in [0.1, 0.15) is 5.70 Å². The zero-order chi connectivity index (χ0) is 8.15. The first-order valence-electron chi connectivity index (χ1n) is 3.20. The minimum absolute atomic E-state index is 0.350. The van der Waals surface area contributed by atoms with E-state index >= 15 is 0 Å². The first-order valence-corrected chi connectivity index (χ1v) is 3.20. The minimum Gasteiger partial charge on any atom is -0.477 e. The fraction of sp³-hybridized carbons (Fsp3) is 0.571. The van der Waals surface area contributed by atoms with Crippen molar-refractivity contribution in [3.63, 3.8) is 0 Å². The number of hydrogen-bond acceptors (Lipinski definition) is 2. The molecule has 0 aromatic heterocycles. The van der Waals surface area contributed by atoms with Gasteiger partial charge in [-0.25, -0.2) is 4.79 Å². The van der Waals surface area contributed by atoms with Gasteiger partial charge in [0.15, 0.2) is 0 Å². The van der Waals surface area contributed by atoms with Crippen LogP contribution < -0.4 is 0 Å². The van der Waals surface area contributed by atoms with E-state index in [9.17, 15) is 4.79 Å². The van der Waals surface area contributed by atoms with E-state index in [-0.39, 0.29) is 0 Å². The molecule has 3 heteroatoms. The van der Waals surface area contributed by atoms with Gasteiger partial charge in [0.25, 0.3) is 0 Å². The van der Waals surface area contributed by atoms with E-state index in [1.807, 2.05) is 6.92 Å². The molecule has 0 saturated carbocycles. The predicted octanol–water partition coefficient (Wildman–Crippen LogP) is 0.927. The van der Waals surface area contributed by atoms with E-state index in [0.29, 0.717) is 5.70 Å². The Balaban J connectivity index is 4.27. The lowest BCUT2D eigenvalue weighted by molar-refractivity contribution is -0.134. The highest BCUT2D eigenvalue weighted by Gasteiger charge is 2.06. The van der Waals surface area contributed by atoms with Crippen LogP contribution in [0.25, 0.3) is 0 Å². The third-order valence-corrected chi connectivity index (χ3v) is 1.10. The highest BCUT2D eigenvalue weighted by Crippen LogP contribution is 1.99. The van der Waals surface area contributed by atoms with Gasteiger partial charge in [0, 0.05) is 14.1 Å². The van der Waals surface area contributed by atoms with Crippen molar-refractivity contribution < 1.29 is 9.90 Å². The van der Waals surface area contributed by atoms with Crippen LogP contribution in [0.3, 0.4) is 0 Å². The highest BCUT2D eigenvalue weighted by atomic mass is 16.4. The maximum atomic E-state index is 10.4. The lowest BCUT2D eigenvalue weighted by atomic mass is 10.3. The summed E-state index contributed by atoms with van der Waals surface area (Å²) in [6.07, 6.45) is 2.43. The molecule has 0 bridgehead atoms. The van der Waals surface area contributed by atoms with Crippen LogP contribution in [-0.4, -0.2) is 30.1 Å². The molecule has 1 N–H and O–H groups in total. The Kier molecular flexibility index (Phi) is 3.54. The number of allylic oxidation sites excluding steroid dienone is 1. The van der Waals surface area contributed by atoms with E-state index in [2.05, 4.69) is 0 Å². The summed E-state index contributed by atoms with van der Waals surface area (Å²) in [5.74, 6) is -0.869. The highest BCUT2D eigenvalue weighted by molar-refractivity contribution is 5.85. The van der Waals surface area contributed by atoms with Crippen LogP contribution in [-0.2, 0) is 4.79 Å². The van der Waals surface area contributed by atoms with Crippen LogP contribution in [0.4, 0.5) is 0 Å². The minimum atomic E-state index is -0.869. The molecule has 0 atom stereocenters. The number of carboxylic acids is 1. The molecule has 3 nitrogen and oxygen atoms in total. The molecule has 10 heavy (non-hydrogen) atoms. The number of hydrogen-bond donors (Lipinski definition) is 1. The van der Waals surface area contributed by atoms with Gasteiger partial charge in [0.2, 0.25) is 0 Å². The average molecular weight is 143 g/mol. The molecular formula is C7H13NO2. The Morgan fingerprint density at radius 1 is 1.60 bits per heavy atom. The normalized spacial score (nSPS) is 11.3. The molecule has 0 fully saturated rings. The van der Waals surface area contributed by atoms with Crippen molar-refractivity contribution in [1.82, 2.24) is 4.90 Å². The molecule has 0 radical (unpaired) electrons. The Hall–Kier alpha value is -0.990. The Bertz CT molecular complexity index is 150. The van der Waals surface area contributed by atoms with Crippen molar-refractivity contribution in [2.45, 2.75) is 13.3 Å². The molecule has 0 aliphatic carbocycles. The van der Waals surface area contributed by atoms with E-state index in [1.165, 1.54) is 0 Å². The number of carboxylic acid groups (broad SMARTS) is 1. The van der Waals surface area contributed by atoms with Gasteiger partial charge in [0.05, 0.1) is 0 Å². The predicted molar refractivity (Wildman–Crippen MR) is 39.7 cm³/mol. The van der Waals surface area contributed by atoms with Gasteiger partial charge in [-0.05, 0) is 6.42 Å². The van der Waals surface area contributed by atoms with Gasteiger partial charge >= 0.3 is 5.97 Å². The monoisotopic (exact) mass is 143 g/mol. The van der Waals surface area contributed by atoms with Gasteiger partial charge in [-0.2, -0.15) is 0 Å². The van der Waals surface area contributed by atoms with Crippen molar-refractivity contribution in [1.29, 1.82) is 0 Å². The summed E-state index contributed by atoms with van der Waals surface area (Å²) in [5, 5.41) is 8.56. The number of aliphatic carboxylic acids is 1. The second kappa shape index (κ2) is 3.93. The molecule has 0 rings (SSSR count). The lowest BCUT2D eigenvalue weighted by Crippen LogP contribution is -2.18. The molecular weight excluding hydrogens is 130 g/mol. The zero-order valence-electron chi connectivity index (χ0n) is 6.59. The van der Waals surface area contributed by atoms with Gasteiger partial charge < -0.3 is 10.0 Å². The van der Waals surface area contributed by atoms with E-state index in [4.69, 9.17) is 5.11 Å². The van der Waals surface area contributed by atoms with E-state index in [0.717, 1.165) is 6.42 Å². The fourth-order valence-corrected chi connectivity index (χ4v) is 0.655. The molecule has 0 spiro atoms. The topological polar surface area (TPSA) is 40.5 Å². The van der Waals surface area contributed by atoms with Crippen molar-refractivity contribution in [3.05, 3.63) is 11.8 Å². The summed E-state index contributed by atoms with van der Waals surface area (Å²) in [5.41, 5.74) is 0.350. The maximum Gasteiger partial charge on any atom is 0.351 e. The van der Waals surface area contributed by atoms with Crippen LogP contribution in [0.5, 0.6) is 0 Å². The summed E-state index contributed by atoms with van der Waals surface area (Å²) in [6, 6.07) is 0. The first-order chi connectivity index (χ1) is 4.59. The third-order valence-electron chi connectivity index (χ3n) is 1.10. The second-order valence-corrected chi connectivity index (χ2v) is 2.20. The van der Waals surface area contributed by atoms with Gasteiger partial charge in [-0.15, -0.1) is 0 Å². The summed E-state index contributed by atoms with van der Waals surface area (Å²) in [4.78, 5) is 12.0. The van der Waals surface area contributed by atoms with Crippen LogP contribution in [0.15, 0.2) is 11.8 Å². The molecule has 0 heterocycles. The van der Waals surface area contributed by atoms with Crippen molar-refractivity contribution in [2.24, 2.45) is 0 Å². The third kappa shape index (κ3) is 2.53. The summed E-state index contributed by atoms with van der Waals surface area (Å²) < 4.78 is 0. The van der Waals surface area contributed by atoms with E-state index < -0.39 is 5.97 Å². The number of rotatable bonds is 3. The molecule has 0 aliphatic heterocycles. The fourth-order valence-electron chi connectivity index (χ4n) is 0.655. The smallest absolute Gasteiger partial charge is 0.351 e. The molecule has 0 amide bonds. The van der Waals surface area contributed by atoms with Crippen LogP contribution in [0.2, 0.25) is 0 Å². The SMILES string of the molecule is CC/C=C(/C(=O)O)N(C)C. The van der Waals surface area contributed by atoms with E-state index in [1.54, 1.807) is 25.1 Å². The molecule has 0 unspecified atom stereocenters. The second-order valence-electron chi connectivity index (χ2n) is 2.20. The van der Waals surface area contributed by atoms with Gasteiger partial charge in [-0.1, -0.05) is 13.0 Å². The molecule has 0 saturated heterocycles. The van der Waals surface area contributed by atoms with Crippen LogP contribution in [0.1, 0.15) is 13.3 Å². The lowest BCUT2D eigenvalue weighted by Gasteiger charge is -2.11. The number of nitrogens with zero attached hydrogens (tertiary/aromatic N) is 1. The maximum absolute atomic E-state index is 10.4. The molecule has 0 aromatic carbocycles. The largest absolute Gasteiger partial charge is 0.477 e.